The number of hydrogen-bond donors (Lipinski definition) is 3. The van der Waals surface area contributed by atoms with E-state index in [-0.39, 0.29) is 12.5 Å². The van der Waals surface area contributed by atoms with Gasteiger partial charge in [-0.2, -0.15) is 0 Å². The monoisotopic (exact) mass is 300 g/mol. The number of aliphatic hydroxyl groups is 1. The number of anilines is 1. The van der Waals surface area contributed by atoms with Crippen LogP contribution in [-0.2, 0) is 0 Å². The molecule has 1 rings (SSSR count). The maximum atomic E-state index is 12.0. The van der Waals surface area contributed by atoms with Gasteiger partial charge in [0.25, 0.3) is 5.91 Å². The number of halogens is 1. The molecule has 0 fully saturated rings. The molecule has 17 heavy (non-hydrogen) atoms. The molecule has 1 atom stereocenters. The highest BCUT2D eigenvalue weighted by atomic mass is 79.9. The van der Waals surface area contributed by atoms with E-state index in [0.717, 1.165) is 0 Å². The fourth-order valence-electron chi connectivity index (χ4n) is 1.25. The zero-order valence-electron chi connectivity index (χ0n) is 9.96. The predicted molar refractivity (Wildman–Crippen MR) is 71.8 cm³/mol. The van der Waals surface area contributed by atoms with Crippen LogP contribution in [0.25, 0.3) is 0 Å². The van der Waals surface area contributed by atoms with Gasteiger partial charge in [0.15, 0.2) is 0 Å². The van der Waals surface area contributed by atoms with E-state index in [1.165, 1.54) is 0 Å². The third-order valence-electron chi connectivity index (χ3n) is 2.81. The summed E-state index contributed by atoms with van der Waals surface area (Å²) in [6, 6.07) is 4.99. The van der Waals surface area contributed by atoms with Crippen molar-refractivity contribution >= 4 is 27.5 Å². The highest BCUT2D eigenvalue weighted by molar-refractivity contribution is 9.10. The van der Waals surface area contributed by atoms with Gasteiger partial charge in [-0.1, -0.05) is 6.92 Å². The van der Waals surface area contributed by atoms with Crippen molar-refractivity contribution in [2.24, 2.45) is 0 Å². The molecule has 94 valence electrons. The minimum atomic E-state index is -0.592. The Labute approximate surface area is 109 Å². The third-order valence-corrected chi connectivity index (χ3v) is 3.49. The summed E-state index contributed by atoms with van der Waals surface area (Å²) in [6.45, 7) is 3.62. The fraction of sp³-hybridized carbons (Fsp3) is 0.417. The van der Waals surface area contributed by atoms with Crippen molar-refractivity contribution in [1.82, 2.24) is 5.32 Å². The zero-order valence-corrected chi connectivity index (χ0v) is 11.5. The third kappa shape index (κ3) is 3.44. The average molecular weight is 301 g/mol. The number of carbonyl (C=O) groups excluding carboxylic acids is 1. The van der Waals surface area contributed by atoms with Crippen molar-refractivity contribution in [3.05, 3.63) is 28.2 Å². The smallest absolute Gasteiger partial charge is 0.251 e. The average Bonchev–Trinajstić information content (AvgIpc) is 2.32. The molecule has 0 heterocycles. The summed E-state index contributed by atoms with van der Waals surface area (Å²) < 4.78 is 0.687. The van der Waals surface area contributed by atoms with Crippen molar-refractivity contribution in [2.75, 3.05) is 12.3 Å². The molecule has 1 unspecified atom stereocenters. The van der Waals surface area contributed by atoms with Gasteiger partial charge >= 0.3 is 0 Å². The maximum Gasteiger partial charge on any atom is 0.251 e. The van der Waals surface area contributed by atoms with Crippen molar-refractivity contribution < 1.29 is 9.90 Å². The molecule has 0 aliphatic heterocycles. The number of hydrogen-bond acceptors (Lipinski definition) is 3. The van der Waals surface area contributed by atoms with Crippen LogP contribution in [0, 0.1) is 0 Å². The van der Waals surface area contributed by atoms with Crippen LogP contribution in [0.15, 0.2) is 22.7 Å². The largest absolute Gasteiger partial charge is 0.398 e. The zero-order chi connectivity index (χ0) is 13.1. The van der Waals surface area contributed by atoms with E-state index in [4.69, 9.17) is 5.73 Å². The Morgan fingerprint density at radius 1 is 1.59 bits per heavy atom. The molecule has 1 amide bonds. The van der Waals surface area contributed by atoms with E-state index in [1.807, 2.05) is 6.92 Å². The van der Waals surface area contributed by atoms with Crippen LogP contribution in [0.1, 0.15) is 30.6 Å². The number of rotatable bonds is 4. The number of aliphatic hydroxyl groups excluding tert-OH is 1. The molecule has 0 spiro atoms. The number of carbonyl (C=O) groups is 1. The molecule has 1 aromatic rings. The Hall–Kier alpha value is -1.07. The van der Waals surface area contributed by atoms with Gasteiger partial charge in [-0.25, -0.2) is 0 Å². The topological polar surface area (TPSA) is 75.3 Å². The number of benzene rings is 1. The van der Waals surface area contributed by atoms with Gasteiger partial charge in [0, 0.05) is 15.7 Å². The first-order valence-electron chi connectivity index (χ1n) is 5.40. The molecule has 0 aliphatic carbocycles. The normalized spacial score (nSPS) is 14.1. The highest BCUT2D eigenvalue weighted by Gasteiger charge is 2.23. The standard InChI is InChI=1S/C12H17BrN2O2/c1-3-12(2,7-16)15-11(17)8-4-5-10(14)9(13)6-8/h4-6,16H,3,7,14H2,1-2H3,(H,15,17). The molecule has 0 saturated carbocycles. The SMILES string of the molecule is CCC(C)(CO)NC(=O)c1ccc(N)c(Br)c1. The summed E-state index contributed by atoms with van der Waals surface area (Å²) >= 11 is 3.27. The number of amides is 1. The predicted octanol–water partition coefficient (Wildman–Crippen LogP) is 1.92. The Morgan fingerprint density at radius 2 is 2.24 bits per heavy atom. The van der Waals surface area contributed by atoms with Crippen molar-refractivity contribution in [1.29, 1.82) is 0 Å². The Bertz CT molecular complexity index is 417. The quantitative estimate of drug-likeness (QED) is 0.744. The summed E-state index contributed by atoms with van der Waals surface area (Å²) in [5, 5.41) is 12.0. The Kier molecular flexibility index (Phi) is 4.54. The lowest BCUT2D eigenvalue weighted by molar-refractivity contribution is 0.0847. The van der Waals surface area contributed by atoms with Gasteiger partial charge in [0.05, 0.1) is 12.1 Å². The van der Waals surface area contributed by atoms with Gasteiger partial charge in [-0.15, -0.1) is 0 Å². The first-order chi connectivity index (χ1) is 7.91. The summed E-state index contributed by atoms with van der Waals surface area (Å²) in [4.78, 5) is 12.0. The van der Waals surface area contributed by atoms with E-state index >= 15 is 0 Å². The van der Waals surface area contributed by atoms with Gasteiger partial charge < -0.3 is 16.2 Å². The number of nitrogens with one attached hydrogen (secondary N) is 1. The number of nitrogens with two attached hydrogens (primary N) is 1. The van der Waals surface area contributed by atoms with Crippen molar-refractivity contribution in [2.45, 2.75) is 25.8 Å². The molecule has 1 aromatic carbocycles. The summed E-state index contributed by atoms with van der Waals surface area (Å²) in [5.74, 6) is -0.218. The van der Waals surface area contributed by atoms with Crippen LogP contribution in [0.2, 0.25) is 0 Å². The molecular weight excluding hydrogens is 284 g/mol. The highest BCUT2D eigenvalue weighted by Crippen LogP contribution is 2.21. The lowest BCUT2D eigenvalue weighted by Crippen LogP contribution is -2.48. The second-order valence-electron chi connectivity index (χ2n) is 4.26. The molecule has 0 saturated heterocycles. The van der Waals surface area contributed by atoms with Crippen LogP contribution in [0.4, 0.5) is 5.69 Å². The van der Waals surface area contributed by atoms with E-state index in [1.54, 1.807) is 25.1 Å². The first-order valence-corrected chi connectivity index (χ1v) is 6.19. The lowest BCUT2D eigenvalue weighted by Gasteiger charge is -2.27. The fourth-order valence-corrected chi connectivity index (χ4v) is 1.63. The summed E-state index contributed by atoms with van der Waals surface area (Å²) in [5.41, 5.74) is 6.16. The van der Waals surface area contributed by atoms with Crippen molar-refractivity contribution in [3.8, 4) is 0 Å². The van der Waals surface area contributed by atoms with Crippen LogP contribution in [0.5, 0.6) is 0 Å². The summed E-state index contributed by atoms with van der Waals surface area (Å²) in [7, 11) is 0. The van der Waals surface area contributed by atoms with Crippen LogP contribution in [0.3, 0.4) is 0 Å². The molecule has 0 bridgehead atoms. The van der Waals surface area contributed by atoms with Crippen molar-refractivity contribution in [3.63, 3.8) is 0 Å². The van der Waals surface area contributed by atoms with Gasteiger partial charge in [-0.3, -0.25) is 4.79 Å². The van der Waals surface area contributed by atoms with Gasteiger partial charge in [-0.05, 0) is 47.5 Å². The van der Waals surface area contributed by atoms with Crippen LogP contribution >= 0.6 is 15.9 Å². The molecule has 0 radical (unpaired) electrons. The van der Waals surface area contributed by atoms with E-state index in [9.17, 15) is 9.90 Å². The van der Waals surface area contributed by atoms with E-state index in [0.29, 0.717) is 22.1 Å². The molecule has 4 nitrogen and oxygen atoms in total. The molecule has 0 aliphatic rings. The molecule has 5 heteroatoms. The van der Waals surface area contributed by atoms with E-state index in [2.05, 4.69) is 21.2 Å². The van der Waals surface area contributed by atoms with Crippen LogP contribution < -0.4 is 11.1 Å². The van der Waals surface area contributed by atoms with Gasteiger partial charge in [0.2, 0.25) is 0 Å². The van der Waals surface area contributed by atoms with Crippen LogP contribution in [-0.4, -0.2) is 23.2 Å². The van der Waals surface area contributed by atoms with Gasteiger partial charge in [0.1, 0.15) is 0 Å². The maximum absolute atomic E-state index is 12.0. The second kappa shape index (κ2) is 5.51. The number of nitrogen functional groups attached to an aromatic ring is 1. The molecule has 4 N–H and O–H groups in total. The lowest BCUT2D eigenvalue weighted by atomic mass is 9.99. The Morgan fingerprint density at radius 3 is 2.71 bits per heavy atom. The molecule has 0 aromatic heterocycles. The van der Waals surface area contributed by atoms with E-state index < -0.39 is 5.54 Å². The Balaban J connectivity index is 2.86. The summed E-state index contributed by atoms with van der Waals surface area (Å²) in [6.07, 6.45) is 0.658. The first kappa shape index (κ1) is 14.0. The minimum absolute atomic E-state index is 0.0919. The second-order valence-corrected chi connectivity index (χ2v) is 5.12. The minimum Gasteiger partial charge on any atom is -0.398 e. The molecular formula is C12H17BrN2O2.